The molecule has 0 unspecified atom stereocenters. The summed E-state index contributed by atoms with van der Waals surface area (Å²) in [7, 11) is 1.66. The van der Waals surface area contributed by atoms with E-state index in [9.17, 15) is 9.90 Å². The van der Waals surface area contributed by atoms with Gasteiger partial charge in [0.2, 0.25) is 5.91 Å². The van der Waals surface area contributed by atoms with E-state index >= 15 is 0 Å². The number of hydrogen-bond donors (Lipinski definition) is 2. The molecule has 2 fully saturated rings. The molecule has 2 aliphatic carbocycles. The summed E-state index contributed by atoms with van der Waals surface area (Å²) >= 11 is 0. The van der Waals surface area contributed by atoms with Crippen molar-refractivity contribution in [1.29, 1.82) is 0 Å². The number of carbonyl (C=O) groups excluding carboxylic acids is 1. The molecule has 0 saturated heterocycles. The lowest BCUT2D eigenvalue weighted by molar-refractivity contribution is -0.133. The van der Waals surface area contributed by atoms with E-state index in [1.807, 2.05) is 4.57 Å². The lowest BCUT2D eigenvalue weighted by Crippen LogP contribution is -2.49. The van der Waals surface area contributed by atoms with Crippen molar-refractivity contribution in [2.75, 3.05) is 13.7 Å². The van der Waals surface area contributed by atoms with Crippen LogP contribution in [0.15, 0.2) is 0 Å². The van der Waals surface area contributed by atoms with E-state index in [-0.39, 0.29) is 29.9 Å². The van der Waals surface area contributed by atoms with E-state index in [0.717, 1.165) is 44.3 Å². The zero-order valence-corrected chi connectivity index (χ0v) is 15.3. The standard InChI is InChI=1S/C18H30N4O3/c1-18(6-4-3-5-7-18)17(24)19-14-10-13(11-14)16-21-20-15(12-23)22(16)8-9-25-2/h13-14,23H,3-12H2,1-2H3,(H,19,24). The lowest BCUT2D eigenvalue weighted by atomic mass is 9.73. The lowest BCUT2D eigenvalue weighted by Gasteiger charge is -2.39. The van der Waals surface area contributed by atoms with Gasteiger partial charge in [-0.05, 0) is 25.7 Å². The summed E-state index contributed by atoms with van der Waals surface area (Å²) in [6, 6.07) is 0.224. The molecule has 0 bridgehead atoms. The van der Waals surface area contributed by atoms with Gasteiger partial charge >= 0.3 is 0 Å². The van der Waals surface area contributed by atoms with Gasteiger partial charge < -0.3 is 19.7 Å². The number of carbonyl (C=O) groups is 1. The number of nitrogens with zero attached hydrogens (tertiary/aromatic N) is 3. The number of methoxy groups -OCH3 is 1. The first kappa shape index (κ1) is 18.3. The maximum atomic E-state index is 12.6. The van der Waals surface area contributed by atoms with Gasteiger partial charge in [0.1, 0.15) is 12.4 Å². The normalized spacial score (nSPS) is 25.4. The van der Waals surface area contributed by atoms with E-state index in [4.69, 9.17) is 4.74 Å². The van der Waals surface area contributed by atoms with Crippen LogP contribution in [0.3, 0.4) is 0 Å². The van der Waals surface area contributed by atoms with Crippen molar-refractivity contribution >= 4 is 5.91 Å². The third kappa shape index (κ3) is 3.87. The largest absolute Gasteiger partial charge is 0.388 e. The topological polar surface area (TPSA) is 89.3 Å². The number of nitrogens with one attached hydrogen (secondary N) is 1. The summed E-state index contributed by atoms with van der Waals surface area (Å²) < 4.78 is 7.09. The third-order valence-electron chi connectivity index (χ3n) is 5.86. The predicted molar refractivity (Wildman–Crippen MR) is 92.9 cm³/mol. The smallest absolute Gasteiger partial charge is 0.226 e. The molecular weight excluding hydrogens is 320 g/mol. The van der Waals surface area contributed by atoms with Gasteiger partial charge in [-0.25, -0.2) is 0 Å². The zero-order chi connectivity index (χ0) is 17.9. The molecule has 3 rings (SSSR count). The molecule has 0 spiro atoms. The van der Waals surface area contributed by atoms with Gasteiger partial charge in [0.25, 0.3) is 0 Å². The second-order valence-electron chi connectivity index (χ2n) is 7.74. The van der Waals surface area contributed by atoms with E-state index in [1.165, 1.54) is 6.42 Å². The summed E-state index contributed by atoms with van der Waals surface area (Å²) in [5.74, 6) is 1.98. The Balaban J connectivity index is 1.55. The van der Waals surface area contributed by atoms with Gasteiger partial charge in [0, 0.05) is 31.0 Å². The van der Waals surface area contributed by atoms with Crippen LogP contribution in [0.25, 0.3) is 0 Å². The maximum Gasteiger partial charge on any atom is 0.226 e. The van der Waals surface area contributed by atoms with E-state index in [2.05, 4.69) is 22.4 Å². The highest BCUT2D eigenvalue weighted by Gasteiger charge is 2.40. The summed E-state index contributed by atoms with van der Waals surface area (Å²) in [4.78, 5) is 12.6. The molecule has 1 aromatic heterocycles. The van der Waals surface area contributed by atoms with Crippen LogP contribution in [-0.2, 0) is 22.7 Å². The molecule has 0 aliphatic heterocycles. The number of hydrogen-bond acceptors (Lipinski definition) is 5. The molecular formula is C18H30N4O3. The quantitative estimate of drug-likeness (QED) is 0.782. The van der Waals surface area contributed by atoms with Crippen molar-refractivity contribution < 1.29 is 14.6 Å². The zero-order valence-electron chi connectivity index (χ0n) is 15.3. The first-order chi connectivity index (χ1) is 12.1. The van der Waals surface area contributed by atoms with Gasteiger partial charge in [-0.3, -0.25) is 4.79 Å². The first-order valence-electron chi connectivity index (χ1n) is 9.40. The second kappa shape index (κ2) is 7.83. The summed E-state index contributed by atoms with van der Waals surface area (Å²) in [5.41, 5.74) is -0.189. The third-order valence-corrected chi connectivity index (χ3v) is 5.86. The Morgan fingerprint density at radius 3 is 2.68 bits per heavy atom. The van der Waals surface area contributed by atoms with Crippen LogP contribution >= 0.6 is 0 Å². The van der Waals surface area contributed by atoms with Gasteiger partial charge in [-0.1, -0.05) is 26.2 Å². The Kier molecular flexibility index (Phi) is 5.74. The van der Waals surface area contributed by atoms with E-state index in [0.29, 0.717) is 19.0 Å². The molecule has 0 atom stereocenters. The van der Waals surface area contributed by atoms with Crippen LogP contribution in [0.5, 0.6) is 0 Å². The van der Waals surface area contributed by atoms with Crippen LogP contribution in [0.4, 0.5) is 0 Å². The van der Waals surface area contributed by atoms with Crippen molar-refractivity contribution in [2.24, 2.45) is 5.41 Å². The monoisotopic (exact) mass is 350 g/mol. The fourth-order valence-corrected chi connectivity index (χ4v) is 4.06. The van der Waals surface area contributed by atoms with Crippen molar-refractivity contribution in [1.82, 2.24) is 20.1 Å². The molecule has 1 amide bonds. The summed E-state index contributed by atoms with van der Waals surface area (Å²) in [5, 5.41) is 21.0. The van der Waals surface area contributed by atoms with Gasteiger partial charge in [-0.2, -0.15) is 0 Å². The highest BCUT2D eigenvalue weighted by molar-refractivity contribution is 5.82. The molecule has 2 N–H and O–H groups in total. The molecule has 0 radical (unpaired) electrons. The van der Waals surface area contributed by atoms with Crippen molar-refractivity contribution in [2.45, 2.75) is 77.0 Å². The SMILES string of the molecule is COCCn1c(CO)nnc1C1CC(NC(=O)C2(C)CCCCC2)C1. The number of amides is 1. The second-order valence-corrected chi connectivity index (χ2v) is 7.74. The molecule has 140 valence electrons. The number of aromatic nitrogens is 3. The van der Waals surface area contributed by atoms with Crippen LogP contribution in [0.2, 0.25) is 0 Å². The van der Waals surface area contributed by atoms with Gasteiger partial charge in [0.15, 0.2) is 5.82 Å². The van der Waals surface area contributed by atoms with Crippen LogP contribution in [0.1, 0.15) is 69.4 Å². The minimum Gasteiger partial charge on any atom is -0.388 e. The average molecular weight is 350 g/mol. The molecule has 0 aromatic carbocycles. The van der Waals surface area contributed by atoms with Gasteiger partial charge in [0.05, 0.1) is 6.61 Å². The average Bonchev–Trinajstić information content (AvgIpc) is 2.98. The Morgan fingerprint density at radius 2 is 2.04 bits per heavy atom. The minimum atomic E-state index is -0.189. The highest BCUT2D eigenvalue weighted by Crippen LogP contribution is 2.39. The van der Waals surface area contributed by atoms with Crippen LogP contribution in [0, 0.1) is 5.41 Å². The van der Waals surface area contributed by atoms with Crippen molar-refractivity contribution in [3.63, 3.8) is 0 Å². The molecule has 1 aromatic rings. The number of aliphatic hydroxyl groups excluding tert-OH is 1. The molecule has 1 heterocycles. The minimum absolute atomic E-state index is 0.123. The highest BCUT2D eigenvalue weighted by atomic mass is 16.5. The number of rotatable bonds is 7. The Morgan fingerprint density at radius 1 is 1.32 bits per heavy atom. The van der Waals surface area contributed by atoms with Gasteiger partial charge in [-0.15, -0.1) is 10.2 Å². The predicted octanol–water partition coefficient (Wildman–Crippen LogP) is 1.75. The van der Waals surface area contributed by atoms with Crippen LogP contribution < -0.4 is 5.32 Å². The first-order valence-corrected chi connectivity index (χ1v) is 9.40. The summed E-state index contributed by atoms with van der Waals surface area (Å²) in [6.45, 7) is 3.18. The Bertz CT molecular complexity index is 589. The van der Waals surface area contributed by atoms with E-state index in [1.54, 1.807) is 7.11 Å². The number of ether oxygens (including phenoxy) is 1. The maximum absolute atomic E-state index is 12.6. The molecule has 7 nitrogen and oxygen atoms in total. The fourth-order valence-electron chi connectivity index (χ4n) is 4.06. The molecule has 7 heteroatoms. The molecule has 2 aliphatic rings. The van der Waals surface area contributed by atoms with E-state index < -0.39 is 0 Å². The van der Waals surface area contributed by atoms with Crippen molar-refractivity contribution in [3.8, 4) is 0 Å². The Hall–Kier alpha value is -1.47. The molecule has 25 heavy (non-hydrogen) atoms. The number of aliphatic hydroxyl groups is 1. The fraction of sp³-hybridized carbons (Fsp3) is 0.833. The molecule has 2 saturated carbocycles. The Labute approximate surface area is 149 Å². The van der Waals surface area contributed by atoms with Crippen molar-refractivity contribution in [3.05, 3.63) is 11.6 Å². The summed E-state index contributed by atoms with van der Waals surface area (Å²) in [6.07, 6.45) is 7.34. The van der Waals surface area contributed by atoms with Crippen LogP contribution in [-0.4, -0.2) is 45.5 Å².